The molecule has 2 aromatic carbocycles. The van der Waals surface area contributed by atoms with Crippen molar-refractivity contribution in [1.82, 2.24) is 4.98 Å². The van der Waals surface area contributed by atoms with E-state index in [0.717, 1.165) is 50.4 Å². The van der Waals surface area contributed by atoms with E-state index in [1.807, 2.05) is 49.4 Å². The number of hydrogen-bond donors (Lipinski definition) is 1. The number of rotatable bonds is 7. The largest absolute Gasteiger partial charge is 0.489 e. The monoisotopic (exact) mass is 400 g/mol. The molecule has 0 spiro atoms. The number of Topliss-reactive ketones (excluding diaryl/α,β-unsaturated/α-hetero) is 1. The van der Waals surface area contributed by atoms with Crippen LogP contribution in [0.15, 0.2) is 65.2 Å². The van der Waals surface area contributed by atoms with Crippen LogP contribution < -0.4 is 10.5 Å². The Hall–Kier alpha value is -3.44. The fourth-order valence-electron chi connectivity index (χ4n) is 3.62. The number of ether oxygens (including phenoxy) is 1. The zero-order valence-corrected chi connectivity index (χ0v) is 17.1. The molecule has 0 amide bonds. The number of furan rings is 1. The van der Waals surface area contributed by atoms with Gasteiger partial charge in [0.1, 0.15) is 29.5 Å². The SMILES string of the molecule is CC(=O)Cc1ccccc1OCc1cc(-c2ccnc(CN)c2)c2oc(C)cc2c1. The van der Waals surface area contributed by atoms with Crippen molar-refractivity contribution in [2.45, 2.75) is 33.4 Å². The molecule has 2 aromatic heterocycles. The predicted octanol–water partition coefficient (Wildman–Crippen LogP) is 4.97. The van der Waals surface area contributed by atoms with Crippen molar-refractivity contribution in [3.8, 4) is 16.9 Å². The number of pyridine rings is 1. The minimum atomic E-state index is 0.108. The van der Waals surface area contributed by atoms with E-state index >= 15 is 0 Å². The molecule has 5 nitrogen and oxygen atoms in total. The summed E-state index contributed by atoms with van der Waals surface area (Å²) in [5.41, 5.74) is 11.3. The first-order valence-corrected chi connectivity index (χ1v) is 9.92. The fourth-order valence-corrected chi connectivity index (χ4v) is 3.62. The molecule has 4 aromatic rings. The Morgan fingerprint density at radius 1 is 1.13 bits per heavy atom. The van der Waals surface area contributed by atoms with Gasteiger partial charge >= 0.3 is 0 Å². The van der Waals surface area contributed by atoms with Crippen LogP contribution in [0.1, 0.15) is 29.5 Å². The molecule has 30 heavy (non-hydrogen) atoms. The molecule has 152 valence electrons. The van der Waals surface area contributed by atoms with Gasteiger partial charge in [0.05, 0.1) is 5.69 Å². The molecule has 0 bridgehead atoms. The van der Waals surface area contributed by atoms with Gasteiger partial charge in [-0.25, -0.2) is 0 Å². The highest BCUT2D eigenvalue weighted by Crippen LogP contribution is 2.33. The predicted molar refractivity (Wildman–Crippen MR) is 117 cm³/mol. The third-order valence-corrected chi connectivity index (χ3v) is 4.94. The molecular weight excluding hydrogens is 376 g/mol. The molecule has 0 saturated heterocycles. The quantitative estimate of drug-likeness (QED) is 0.474. The molecule has 5 heteroatoms. The van der Waals surface area contributed by atoms with Crippen LogP contribution in [0.5, 0.6) is 5.75 Å². The maximum absolute atomic E-state index is 11.6. The van der Waals surface area contributed by atoms with Crippen LogP contribution in [-0.2, 0) is 24.4 Å². The Labute approximate surface area is 175 Å². The lowest BCUT2D eigenvalue weighted by molar-refractivity contribution is -0.116. The highest BCUT2D eigenvalue weighted by Gasteiger charge is 2.13. The zero-order chi connectivity index (χ0) is 21.1. The van der Waals surface area contributed by atoms with E-state index in [9.17, 15) is 4.79 Å². The molecule has 0 unspecified atom stereocenters. The molecule has 0 fully saturated rings. The second kappa shape index (κ2) is 8.51. The van der Waals surface area contributed by atoms with Gasteiger partial charge in [0.25, 0.3) is 0 Å². The molecule has 2 N–H and O–H groups in total. The first kappa shape index (κ1) is 19.9. The Kier molecular flexibility index (Phi) is 5.63. The van der Waals surface area contributed by atoms with Crippen molar-refractivity contribution in [3.05, 3.63) is 83.4 Å². The Morgan fingerprint density at radius 3 is 2.77 bits per heavy atom. The molecular formula is C25H24N2O3. The molecule has 0 aliphatic rings. The minimum Gasteiger partial charge on any atom is -0.489 e. The highest BCUT2D eigenvalue weighted by molar-refractivity contribution is 5.93. The second-order valence-corrected chi connectivity index (χ2v) is 7.43. The molecule has 4 rings (SSSR count). The van der Waals surface area contributed by atoms with Crippen molar-refractivity contribution in [2.75, 3.05) is 0 Å². The third kappa shape index (κ3) is 4.26. The van der Waals surface area contributed by atoms with Crippen LogP contribution in [0.3, 0.4) is 0 Å². The second-order valence-electron chi connectivity index (χ2n) is 7.43. The van der Waals surface area contributed by atoms with Gasteiger partial charge in [0.15, 0.2) is 0 Å². The lowest BCUT2D eigenvalue weighted by Crippen LogP contribution is -2.02. The standard InChI is InChI=1S/C25H24N2O3/c1-16(28)9-20-5-3-4-6-24(20)29-15-18-11-21-10-17(2)30-25(21)23(12-18)19-7-8-27-22(13-19)14-26/h3-8,10-13H,9,14-15,26H2,1-2H3. The lowest BCUT2D eigenvalue weighted by Gasteiger charge is -2.12. The summed E-state index contributed by atoms with van der Waals surface area (Å²) in [5.74, 6) is 1.69. The van der Waals surface area contributed by atoms with Crippen molar-refractivity contribution >= 4 is 16.8 Å². The number of benzene rings is 2. The van der Waals surface area contributed by atoms with Gasteiger partial charge in [-0.15, -0.1) is 0 Å². The van der Waals surface area contributed by atoms with Crippen LogP contribution in [0, 0.1) is 6.92 Å². The summed E-state index contributed by atoms with van der Waals surface area (Å²) in [4.78, 5) is 15.9. The number of carbonyl (C=O) groups is 1. The summed E-state index contributed by atoms with van der Waals surface area (Å²) in [5, 5.41) is 1.02. The number of aryl methyl sites for hydroxylation is 1. The average molecular weight is 400 g/mol. The van der Waals surface area contributed by atoms with Gasteiger partial charge in [-0.1, -0.05) is 18.2 Å². The Morgan fingerprint density at radius 2 is 1.97 bits per heavy atom. The summed E-state index contributed by atoms with van der Waals surface area (Å²) in [6, 6.07) is 17.8. The van der Waals surface area contributed by atoms with Gasteiger partial charge in [-0.05, 0) is 61.4 Å². The van der Waals surface area contributed by atoms with Crippen LogP contribution in [0.2, 0.25) is 0 Å². The number of para-hydroxylation sites is 1. The smallest absolute Gasteiger partial charge is 0.142 e. The summed E-state index contributed by atoms with van der Waals surface area (Å²) >= 11 is 0. The van der Waals surface area contributed by atoms with E-state index in [4.69, 9.17) is 14.9 Å². The topological polar surface area (TPSA) is 78.3 Å². The van der Waals surface area contributed by atoms with Crippen molar-refractivity contribution in [2.24, 2.45) is 5.73 Å². The summed E-state index contributed by atoms with van der Waals surface area (Å²) in [6.07, 6.45) is 2.13. The zero-order valence-electron chi connectivity index (χ0n) is 17.1. The molecule has 0 aliphatic carbocycles. The number of hydrogen-bond acceptors (Lipinski definition) is 5. The van der Waals surface area contributed by atoms with Crippen molar-refractivity contribution < 1.29 is 13.9 Å². The minimum absolute atomic E-state index is 0.108. The fraction of sp³-hybridized carbons (Fsp3) is 0.200. The van der Waals surface area contributed by atoms with Crippen molar-refractivity contribution in [1.29, 1.82) is 0 Å². The maximum Gasteiger partial charge on any atom is 0.142 e. The normalized spacial score (nSPS) is 11.0. The van der Waals surface area contributed by atoms with Crippen LogP contribution in [0.4, 0.5) is 0 Å². The van der Waals surface area contributed by atoms with Crippen LogP contribution >= 0.6 is 0 Å². The van der Waals surface area contributed by atoms with E-state index in [1.54, 1.807) is 13.1 Å². The third-order valence-electron chi connectivity index (χ3n) is 4.94. The van der Waals surface area contributed by atoms with E-state index < -0.39 is 0 Å². The number of aromatic nitrogens is 1. The molecule has 0 radical (unpaired) electrons. The number of nitrogens with two attached hydrogens (primary N) is 1. The van der Waals surface area contributed by atoms with E-state index in [-0.39, 0.29) is 5.78 Å². The van der Waals surface area contributed by atoms with Gasteiger partial charge in [-0.3, -0.25) is 9.78 Å². The number of ketones is 1. The first-order chi connectivity index (χ1) is 14.5. The lowest BCUT2D eigenvalue weighted by atomic mass is 10.0. The van der Waals surface area contributed by atoms with Gasteiger partial charge in [-0.2, -0.15) is 0 Å². The van der Waals surface area contributed by atoms with Gasteiger partial charge in [0, 0.05) is 35.7 Å². The van der Waals surface area contributed by atoms with Gasteiger partial charge < -0.3 is 14.9 Å². The summed E-state index contributed by atoms with van der Waals surface area (Å²) in [7, 11) is 0. The van der Waals surface area contributed by atoms with Crippen molar-refractivity contribution in [3.63, 3.8) is 0 Å². The van der Waals surface area contributed by atoms with Gasteiger partial charge in [0.2, 0.25) is 0 Å². The molecule has 0 aliphatic heterocycles. The average Bonchev–Trinajstić information content (AvgIpc) is 3.12. The van der Waals surface area contributed by atoms with Crippen LogP contribution in [-0.4, -0.2) is 10.8 Å². The first-order valence-electron chi connectivity index (χ1n) is 9.92. The molecule has 0 atom stereocenters. The summed E-state index contributed by atoms with van der Waals surface area (Å²) < 4.78 is 12.1. The van der Waals surface area contributed by atoms with E-state index in [2.05, 4.69) is 17.1 Å². The number of carbonyl (C=O) groups excluding carboxylic acids is 1. The number of fused-ring (bicyclic) bond motifs is 1. The van der Waals surface area contributed by atoms with Crippen LogP contribution in [0.25, 0.3) is 22.1 Å². The molecule has 2 heterocycles. The summed E-state index contributed by atoms with van der Waals surface area (Å²) in [6.45, 7) is 4.29. The maximum atomic E-state index is 11.6. The Balaban J connectivity index is 1.70. The highest BCUT2D eigenvalue weighted by atomic mass is 16.5. The number of nitrogens with zero attached hydrogens (tertiary/aromatic N) is 1. The van der Waals surface area contributed by atoms with E-state index in [0.29, 0.717) is 19.6 Å². The molecule has 0 saturated carbocycles. The Bertz CT molecular complexity index is 1210. The van der Waals surface area contributed by atoms with E-state index in [1.165, 1.54) is 0 Å².